The van der Waals surface area contributed by atoms with Crippen LogP contribution < -0.4 is 4.89 Å². The molecule has 6 heteroatoms. The lowest BCUT2D eigenvalue weighted by atomic mass is 11.8. The maximum absolute atomic E-state index is 9.78. The summed E-state index contributed by atoms with van der Waals surface area (Å²) >= 11 is 0. The van der Waals surface area contributed by atoms with Crippen LogP contribution in [0.5, 0.6) is 0 Å². The Bertz CT molecular complexity index is 115. The largest absolute Gasteiger partial charge is 0.357 e. The standard InChI is InChI=1S/CH5NO4S/c1-6-7(4,5)2-3/h2-3H,1H3. The normalized spacial score (nSPS) is 11.7. The third-order valence-corrected chi connectivity index (χ3v) is 0.994. The first-order chi connectivity index (χ1) is 3.12. The number of rotatable bonds is 2. The number of hydrogen-bond donors (Lipinski definition) is 2. The third kappa shape index (κ3) is 2.52. The van der Waals surface area contributed by atoms with Gasteiger partial charge in [0.25, 0.3) is 0 Å². The average molecular weight is 127 g/mol. The van der Waals surface area contributed by atoms with Crippen LogP contribution in [0.1, 0.15) is 0 Å². The van der Waals surface area contributed by atoms with E-state index in [4.69, 9.17) is 5.21 Å². The second kappa shape index (κ2) is 2.22. The maximum Gasteiger partial charge on any atom is 0.357 e. The average Bonchev–Trinajstić information content (AvgIpc) is 1.68. The first-order valence-corrected chi connectivity index (χ1v) is 2.74. The van der Waals surface area contributed by atoms with Gasteiger partial charge in [-0.1, -0.05) is 4.89 Å². The zero-order valence-electron chi connectivity index (χ0n) is 3.58. The molecule has 0 aromatic carbocycles. The van der Waals surface area contributed by atoms with Crippen LogP contribution >= 0.6 is 0 Å². The van der Waals surface area contributed by atoms with Crippen molar-refractivity contribution in [1.82, 2.24) is 4.89 Å². The van der Waals surface area contributed by atoms with Gasteiger partial charge in [0, 0.05) is 0 Å². The van der Waals surface area contributed by atoms with E-state index in [1.54, 1.807) is 0 Å². The summed E-state index contributed by atoms with van der Waals surface area (Å²) in [5.74, 6) is 0. The molecule has 0 saturated heterocycles. The molecule has 0 aliphatic carbocycles. The molecule has 5 nitrogen and oxygen atoms in total. The molecule has 0 saturated carbocycles. The fraction of sp³-hybridized carbons (Fsp3) is 1.00. The topological polar surface area (TPSA) is 75.6 Å². The molecule has 0 radical (unpaired) electrons. The molecule has 0 bridgehead atoms. The molecule has 0 aliphatic rings. The van der Waals surface area contributed by atoms with Crippen molar-refractivity contribution in [3.8, 4) is 0 Å². The number of hydrogen-bond acceptors (Lipinski definition) is 4. The zero-order chi connectivity index (χ0) is 5.91. The molecular weight excluding hydrogens is 122 g/mol. The Kier molecular flexibility index (Phi) is 2.16. The zero-order valence-corrected chi connectivity index (χ0v) is 4.40. The molecule has 0 rings (SSSR count). The van der Waals surface area contributed by atoms with E-state index < -0.39 is 10.3 Å². The van der Waals surface area contributed by atoms with Crippen LogP contribution in [-0.2, 0) is 14.5 Å². The highest BCUT2D eigenvalue weighted by molar-refractivity contribution is 7.84. The van der Waals surface area contributed by atoms with E-state index in [1.165, 1.54) is 0 Å². The van der Waals surface area contributed by atoms with E-state index >= 15 is 0 Å². The van der Waals surface area contributed by atoms with Gasteiger partial charge in [-0.05, 0) is 0 Å². The van der Waals surface area contributed by atoms with Crippen molar-refractivity contribution in [2.45, 2.75) is 0 Å². The molecule has 0 amide bonds. The van der Waals surface area contributed by atoms with Crippen molar-refractivity contribution >= 4 is 10.3 Å². The van der Waals surface area contributed by atoms with Gasteiger partial charge in [-0.25, -0.2) is 0 Å². The molecule has 0 aromatic rings. The van der Waals surface area contributed by atoms with Crippen molar-refractivity contribution < 1.29 is 17.8 Å². The SMILES string of the molecule is COS(=O)(=O)NO. The summed E-state index contributed by atoms with van der Waals surface area (Å²) in [6, 6.07) is 0. The summed E-state index contributed by atoms with van der Waals surface area (Å²) in [4.78, 5) is 0.941. The highest BCUT2D eigenvalue weighted by Gasteiger charge is 2.00. The Morgan fingerprint density at radius 3 is 2.14 bits per heavy atom. The van der Waals surface area contributed by atoms with Crippen LogP contribution in [0.25, 0.3) is 0 Å². The Morgan fingerprint density at radius 2 is 2.14 bits per heavy atom. The van der Waals surface area contributed by atoms with E-state index in [9.17, 15) is 8.42 Å². The van der Waals surface area contributed by atoms with E-state index in [1.807, 2.05) is 0 Å². The molecule has 0 unspecified atom stereocenters. The fourth-order valence-electron chi connectivity index (χ4n) is 0.0373. The van der Waals surface area contributed by atoms with Crippen molar-refractivity contribution in [2.24, 2.45) is 0 Å². The molecule has 0 aliphatic heterocycles. The van der Waals surface area contributed by atoms with Gasteiger partial charge in [0.2, 0.25) is 0 Å². The predicted octanol–water partition coefficient (Wildman–Crippen LogP) is -1.14. The Labute approximate surface area is 41.1 Å². The van der Waals surface area contributed by atoms with Gasteiger partial charge in [-0.3, -0.25) is 4.18 Å². The van der Waals surface area contributed by atoms with Crippen LogP contribution in [-0.4, -0.2) is 20.7 Å². The van der Waals surface area contributed by atoms with Crippen molar-refractivity contribution in [1.29, 1.82) is 0 Å². The lowest BCUT2D eigenvalue weighted by molar-refractivity contribution is 0.217. The van der Waals surface area contributed by atoms with E-state index in [0.29, 0.717) is 0 Å². The van der Waals surface area contributed by atoms with Crippen LogP contribution in [0.15, 0.2) is 0 Å². The minimum absolute atomic E-state index is 0.929. The lowest BCUT2D eigenvalue weighted by Gasteiger charge is -1.91. The van der Waals surface area contributed by atoms with Gasteiger partial charge < -0.3 is 5.21 Å². The van der Waals surface area contributed by atoms with Crippen LogP contribution in [0.4, 0.5) is 0 Å². The molecule has 0 aromatic heterocycles. The van der Waals surface area contributed by atoms with Gasteiger partial charge in [-0.15, -0.1) is 0 Å². The van der Waals surface area contributed by atoms with Gasteiger partial charge in [-0.2, -0.15) is 8.42 Å². The molecule has 2 N–H and O–H groups in total. The van der Waals surface area contributed by atoms with Gasteiger partial charge in [0.1, 0.15) is 0 Å². The van der Waals surface area contributed by atoms with Gasteiger partial charge >= 0.3 is 10.3 Å². The Morgan fingerprint density at radius 1 is 1.71 bits per heavy atom. The van der Waals surface area contributed by atoms with E-state index in [2.05, 4.69) is 4.18 Å². The van der Waals surface area contributed by atoms with Crippen molar-refractivity contribution in [2.75, 3.05) is 7.11 Å². The molecule has 0 spiro atoms. The lowest BCUT2D eigenvalue weighted by Crippen LogP contribution is -2.19. The van der Waals surface area contributed by atoms with Crippen LogP contribution in [0, 0.1) is 0 Å². The van der Waals surface area contributed by atoms with Crippen LogP contribution in [0.3, 0.4) is 0 Å². The summed E-state index contributed by atoms with van der Waals surface area (Å²) in [6.45, 7) is 0. The number of nitrogens with one attached hydrogen (secondary N) is 1. The molecular formula is CH5NO4S. The second-order valence-corrected chi connectivity index (χ2v) is 2.14. The second-order valence-electron chi connectivity index (χ2n) is 0.712. The smallest absolute Gasteiger partial charge is 0.300 e. The van der Waals surface area contributed by atoms with Gasteiger partial charge in [0.15, 0.2) is 0 Å². The third-order valence-electron chi connectivity index (χ3n) is 0.331. The molecule has 0 heterocycles. The molecule has 44 valence electrons. The maximum atomic E-state index is 9.78. The Hall–Kier alpha value is -0.170. The van der Waals surface area contributed by atoms with Crippen molar-refractivity contribution in [3.05, 3.63) is 0 Å². The quantitative estimate of drug-likeness (QED) is 0.459. The predicted molar refractivity (Wildman–Crippen MR) is 20.9 cm³/mol. The summed E-state index contributed by atoms with van der Waals surface area (Å²) in [5.41, 5.74) is 0. The highest BCUT2D eigenvalue weighted by Crippen LogP contribution is 1.75. The van der Waals surface area contributed by atoms with Crippen LogP contribution in [0.2, 0.25) is 0 Å². The van der Waals surface area contributed by atoms with Gasteiger partial charge in [0.05, 0.1) is 7.11 Å². The summed E-state index contributed by atoms with van der Waals surface area (Å²) in [6.07, 6.45) is 0. The fourth-order valence-corrected chi connectivity index (χ4v) is 0.112. The first-order valence-electron chi connectivity index (χ1n) is 1.34. The first kappa shape index (κ1) is 6.83. The summed E-state index contributed by atoms with van der Waals surface area (Å²) in [7, 11) is -2.92. The monoisotopic (exact) mass is 127 g/mol. The van der Waals surface area contributed by atoms with Crippen molar-refractivity contribution in [3.63, 3.8) is 0 Å². The van der Waals surface area contributed by atoms with E-state index in [-0.39, 0.29) is 0 Å². The minimum Gasteiger partial charge on any atom is -0.300 e. The molecule has 0 fully saturated rings. The Balaban J connectivity index is 3.89. The van der Waals surface area contributed by atoms with E-state index in [0.717, 1.165) is 12.0 Å². The summed E-state index contributed by atoms with van der Waals surface area (Å²) in [5, 5.41) is 7.63. The minimum atomic E-state index is -3.85. The molecule has 0 atom stereocenters. The highest BCUT2D eigenvalue weighted by atomic mass is 32.2. The molecule has 7 heavy (non-hydrogen) atoms. The summed E-state index contributed by atoms with van der Waals surface area (Å²) < 4.78 is 23.3.